The van der Waals surface area contributed by atoms with E-state index in [-0.39, 0.29) is 23.7 Å². The number of benzene rings is 2. The smallest absolute Gasteiger partial charge is 0.271 e. The van der Waals surface area contributed by atoms with Crippen LogP contribution in [0.25, 0.3) is 0 Å². The lowest BCUT2D eigenvalue weighted by molar-refractivity contribution is -0.384. The summed E-state index contributed by atoms with van der Waals surface area (Å²) < 4.78 is 6.86. The van der Waals surface area contributed by atoms with Crippen LogP contribution in [-0.2, 0) is 9.53 Å². The number of carbonyl (C=O) groups excluding carboxylic acids is 1. The normalized spacial score (nSPS) is 18.7. The molecular weight excluding hydrogens is 414 g/mol. The highest BCUT2D eigenvalue weighted by molar-refractivity contribution is 9.10. The predicted octanol–water partition coefficient (Wildman–Crippen LogP) is 3.76. The predicted molar refractivity (Wildman–Crippen MR) is 106 cm³/mol. The highest BCUT2D eigenvalue weighted by Gasteiger charge is 2.29. The van der Waals surface area contributed by atoms with E-state index in [1.807, 2.05) is 31.2 Å². The lowest BCUT2D eigenvalue weighted by Gasteiger charge is -2.36. The Kier molecular flexibility index (Phi) is 6.20. The minimum Gasteiger partial charge on any atom is -0.371 e. The van der Waals surface area contributed by atoms with Crippen LogP contribution in [0.5, 0.6) is 0 Å². The maximum atomic E-state index is 12.6. The Balaban J connectivity index is 1.64. The lowest BCUT2D eigenvalue weighted by atomic mass is 10.1. The average molecular weight is 434 g/mol. The third kappa shape index (κ3) is 4.91. The summed E-state index contributed by atoms with van der Waals surface area (Å²) in [5.41, 5.74) is 1.43. The summed E-state index contributed by atoms with van der Waals surface area (Å²) in [5.74, 6) is -0.202. The highest BCUT2D eigenvalue weighted by Crippen LogP contribution is 2.25. The van der Waals surface area contributed by atoms with Crippen molar-refractivity contribution >= 4 is 33.2 Å². The fraction of sp³-hybridized carbons (Fsp3) is 0.316. The van der Waals surface area contributed by atoms with Gasteiger partial charge in [-0.1, -0.05) is 34.1 Å². The van der Waals surface area contributed by atoms with E-state index >= 15 is 0 Å². The van der Waals surface area contributed by atoms with Gasteiger partial charge in [-0.25, -0.2) is 0 Å². The SMILES string of the molecule is CC(C(=O)Nc1cccc([N+](=O)[O-])c1)N1CCOC(c2ccc(Br)cc2)C1. The van der Waals surface area contributed by atoms with E-state index in [1.54, 1.807) is 12.1 Å². The summed E-state index contributed by atoms with van der Waals surface area (Å²) in [6.45, 7) is 3.62. The van der Waals surface area contributed by atoms with Gasteiger partial charge in [-0.15, -0.1) is 0 Å². The van der Waals surface area contributed by atoms with Gasteiger partial charge in [-0.05, 0) is 30.7 Å². The molecule has 27 heavy (non-hydrogen) atoms. The number of halogens is 1. The Hall–Kier alpha value is -2.29. The number of anilines is 1. The van der Waals surface area contributed by atoms with Crippen molar-refractivity contribution < 1.29 is 14.5 Å². The lowest BCUT2D eigenvalue weighted by Crippen LogP contribution is -2.48. The van der Waals surface area contributed by atoms with Crippen molar-refractivity contribution in [1.29, 1.82) is 0 Å². The number of amides is 1. The number of nitro benzene ring substituents is 1. The minimum atomic E-state index is -0.482. The van der Waals surface area contributed by atoms with Crippen LogP contribution >= 0.6 is 15.9 Å². The van der Waals surface area contributed by atoms with Crippen molar-refractivity contribution in [1.82, 2.24) is 4.90 Å². The maximum absolute atomic E-state index is 12.6. The fourth-order valence-electron chi connectivity index (χ4n) is 3.01. The summed E-state index contributed by atoms with van der Waals surface area (Å²) in [6, 6.07) is 13.5. The van der Waals surface area contributed by atoms with Gasteiger partial charge in [0, 0.05) is 35.4 Å². The molecule has 2 aromatic carbocycles. The Morgan fingerprint density at radius 1 is 1.33 bits per heavy atom. The van der Waals surface area contributed by atoms with Crippen molar-refractivity contribution in [2.45, 2.75) is 19.1 Å². The molecule has 2 unspecified atom stereocenters. The van der Waals surface area contributed by atoms with E-state index in [4.69, 9.17) is 4.74 Å². The molecule has 7 nitrogen and oxygen atoms in total. The summed E-state index contributed by atoms with van der Waals surface area (Å²) in [5, 5.41) is 13.6. The van der Waals surface area contributed by atoms with Crippen LogP contribution in [0.1, 0.15) is 18.6 Å². The zero-order chi connectivity index (χ0) is 19.4. The summed E-state index contributed by atoms with van der Waals surface area (Å²) in [4.78, 5) is 25.1. The summed E-state index contributed by atoms with van der Waals surface area (Å²) in [6.07, 6.45) is -0.0973. The first-order chi connectivity index (χ1) is 12.9. The Morgan fingerprint density at radius 2 is 2.07 bits per heavy atom. The molecule has 0 saturated carbocycles. The molecule has 0 radical (unpaired) electrons. The third-order valence-electron chi connectivity index (χ3n) is 4.59. The number of non-ortho nitro benzene ring substituents is 1. The van der Waals surface area contributed by atoms with Crippen molar-refractivity contribution in [3.63, 3.8) is 0 Å². The van der Waals surface area contributed by atoms with Crippen molar-refractivity contribution in [3.8, 4) is 0 Å². The highest BCUT2D eigenvalue weighted by atomic mass is 79.9. The monoisotopic (exact) mass is 433 g/mol. The van der Waals surface area contributed by atoms with Gasteiger partial charge in [0.1, 0.15) is 0 Å². The number of ether oxygens (including phenoxy) is 1. The first-order valence-electron chi connectivity index (χ1n) is 8.60. The molecule has 0 aromatic heterocycles. The van der Waals surface area contributed by atoms with Crippen LogP contribution in [0.15, 0.2) is 53.0 Å². The van der Waals surface area contributed by atoms with Gasteiger partial charge < -0.3 is 10.1 Å². The second-order valence-electron chi connectivity index (χ2n) is 6.38. The Labute approximate surface area is 165 Å². The van der Waals surface area contributed by atoms with Gasteiger partial charge in [-0.3, -0.25) is 19.8 Å². The largest absolute Gasteiger partial charge is 0.371 e. The maximum Gasteiger partial charge on any atom is 0.271 e. The molecule has 8 heteroatoms. The van der Waals surface area contributed by atoms with Crippen LogP contribution < -0.4 is 5.32 Å². The summed E-state index contributed by atoms with van der Waals surface area (Å²) in [7, 11) is 0. The molecule has 1 N–H and O–H groups in total. The molecule has 2 atom stereocenters. The van der Waals surface area contributed by atoms with Gasteiger partial charge in [0.05, 0.1) is 23.7 Å². The molecule has 0 spiro atoms. The molecule has 1 heterocycles. The number of rotatable bonds is 5. The number of nitrogens with one attached hydrogen (secondary N) is 1. The molecule has 0 bridgehead atoms. The average Bonchev–Trinajstić information content (AvgIpc) is 2.68. The molecule has 142 valence electrons. The molecule has 1 saturated heterocycles. The van der Waals surface area contributed by atoms with Crippen LogP contribution in [0.3, 0.4) is 0 Å². The zero-order valence-electron chi connectivity index (χ0n) is 14.8. The molecule has 1 aliphatic rings. The van der Waals surface area contributed by atoms with Crippen LogP contribution in [-0.4, -0.2) is 41.5 Å². The van der Waals surface area contributed by atoms with Gasteiger partial charge in [0.25, 0.3) is 5.69 Å². The zero-order valence-corrected chi connectivity index (χ0v) is 16.4. The van der Waals surface area contributed by atoms with Crippen molar-refractivity contribution in [3.05, 3.63) is 68.7 Å². The first-order valence-corrected chi connectivity index (χ1v) is 9.40. The van der Waals surface area contributed by atoms with E-state index in [2.05, 4.69) is 26.1 Å². The van der Waals surface area contributed by atoms with Crippen LogP contribution in [0.4, 0.5) is 11.4 Å². The Morgan fingerprint density at radius 3 is 2.78 bits per heavy atom. The van der Waals surface area contributed by atoms with E-state index in [0.29, 0.717) is 25.4 Å². The number of nitrogens with zero attached hydrogens (tertiary/aromatic N) is 2. The number of nitro groups is 1. The standard InChI is InChI=1S/C19H20BrN3O4/c1-13(19(24)21-16-3-2-4-17(11-16)23(25)26)22-9-10-27-18(12-22)14-5-7-15(20)8-6-14/h2-8,11,13,18H,9-10,12H2,1H3,(H,21,24). The Bertz CT molecular complexity index is 828. The second-order valence-corrected chi connectivity index (χ2v) is 7.29. The van der Waals surface area contributed by atoms with Gasteiger partial charge in [-0.2, -0.15) is 0 Å². The fourth-order valence-corrected chi connectivity index (χ4v) is 3.27. The number of hydrogen-bond donors (Lipinski definition) is 1. The molecule has 1 aliphatic heterocycles. The second kappa shape index (κ2) is 8.60. The molecule has 2 aromatic rings. The number of morpholine rings is 1. The van der Waals surface area contributed by atoms with Gasteiger partial charge in [0.2, 0.25) is 5.91 Å². The minimum absolute atomic E-state index is 0.0536. The third-order valence-corrected chi connectivity index (χ3v) is 5.12. The van der Waals surface area contributed by atoms with Crippen LogP contribution in [0.2, 0.25) is 0 Å². The number of hydrogen-bond acceptors (Lipinski definition) is 5. The topological polar surface area (TPSA) is 84.7 Å². The first kappa shape index (κ1) is 19.5. The molecule has 1 amide bonds. The molecule has 1 fully saturated rings. The van der Waals surface area contributed by atoms with Crippen LogP contribution in [0, 0.1) is 10.1 Å². The van der Waals surface area contributed by atoms with E-state index in [9.17, 15) is 14.9 Å². The van der Waals surface area contributed by atoms with E-state index in [0.717, 1.165) is 10.0 Å². The molecule has 3 rings (SSSR count). The molecular formula is C19H20BrN3O4. The van der Waals surface area contributed by atoms with E-state index in [1.165, 1.54) is 12.1 Å². The van der Waals surface area contributed by atoms with Crippen molar-refractivity contribution in [2.24, 2.45) is 0 Å². The van der Waals surface area contributed by atoms with E-state index < -0.39 is 4.92 Å². The van der Waals surface area contributed by atoms with Gasteiger partial charge in [0.15, 0.2) is 0 Å². The summed E-state index contributed by atoms with van der Waals surface area (Å²) >= 11 is 3.42. The van der Waals surface area contributed by atoms with Gasteiger partial charge >= 0.3 is 0 Å². The molecule has 0 aliphatic carbocycles. The van der Waals surface area contributed by atoms with Crippen molar-refractivity contribution in [2.75, 3.05) is 25.0 Å². The number of carbonyl (C=O) groups is 1. The quantitative estimate of drug-likeness (QED) is 0.572.